The summed E-state index contributed by atoms with van der Waals surface area (Å²) in [4.78, 5) is 16.8. The second-order valence-electron chi connectivity index (χ2n) is 6.20. The van der Waals surface area contributed by atoms with E-state index in [0.717, 1.165) is 30.8 Å². The lowest BCUT2D eigenvalue weighted by molar-refractivity contribution is -0.127. The minimum Gasteiger partial charge on any atom is -0.394 e. The fraction of sp³-hybridized carbons (Fsp3) is 0.733. The van der Waals surface area contributed by atoms with Crippen LogP contribution in [0.25, 0.3) is 0 Å². The molecule has 118 valence electrons. The number of hydrogen-bond donors (Lipinski definition) is 2. The van der Waals surface area contributed by atoms with Gasteiger partial charge in [0.2, 0.25) is 5.91 Å². The number of imidazole rings is 1. The van der Waals surface area contributed by atoms with Crippen LogP contribution in [0, 0.1) is 5.92 Å². The van der Waals surface area contributed by atoms with Gasteiger partial charge in [-0.05, 0) is 36.7 Å². The van der Waals surface area contributed by atoms with Crippen LogP contribution in [-0.2, 0) is 4.79 Å². The number of nitrogens with one attached hydrogen (secondary N) is 1. The van der Waals surface area contributed by atoms with Gasteiger partial charge in [0.1, 0.15) is 6.04 Å². The quantitative estimate of drug-likeness (QED) is 0.841. The molecule has 0 spiro atoms. The zero-order valence-corrected chi connectivity index (χ0v) is 13.6. The summed E-state index contributed by atoms with van der Waals surface area (Å²) in [5.74, 6) is 2.37. The Labute approximate surface area is 130 Å². The average molecular weight is 311 g/mol. The van der Waals surface area contributed by atoms with Crippen molar-refractivity contribution in [1.82, 2.24) is 14.9 Å². The van der Waals surface area contributed by atoms with Gasteiger partial charge in [-0.1, -0.05) is 13.8 Å². The van der Waals surface area contributed by atoms with E-state index >= 15 is 0 Å². The van der Waals surface area contributed by atoms with Crippen LogP contribution in [0.3, 0.4) is 0 Å². The second kappa shape index (κ2) is 7.31. The number of nitrogens with zero attached hydrogens (tertiary/aromatic N) is 2. The van der Waals surface area contributed by atoms with Crippen LogP contribution in [0.4, 0.5) is 0 Å². The van der Waals surface area contributed by atoms with Crippen LogP contribution < -0.4 is 5.32 Å². The van der Waals surface area contributed by atoms with Gasteiger partial charge in [0.05, 0.1) is 18.5 Å². The Kier molecular flexibility index (Phi) is 5.70. The highest BCUT2D eigenvalue weighted by Gasteiger charge is 2.35. The molecule has 1 unspecified atom stereocenters. The molecule has 0 saturated carbocycles. The molecule has 1 amide bonds. The molecule has 6 heteroatoms. The molecule has 2 N–H and O–H groups in total. The number of carbonyl (C=O) groups is 1. The second-order valence-corrected chi connectivity index (χ2v) is 7.42. The zero-order chi connectivity index (χ0) is 15.3. The maximum Gasteiger partial charge on any atom is 0.243 e. The fourth-order valence-electron chi connectivity index (χ4n) is 2.69. The molecule has 2 heterocycles. The normalized spacial score (nSPS) is 19.4. The Morgan fingerprint density at radius 2 is 2.19 bits per heavy atom. The first-order chi connectivity index (χ1) is 10.1. The zero-order valence-electron chi connectivity index (χ0n) is 12.8. The third kappa shape index (κ3) is 4.23. The summed E-state index contributed by atoms with van der Waals surface area (Å²) in [5, 5.41) is 12.9. The van der Waals surface area contributed by atoms with E-state index in [2.05, 4.69) is 24.1 Å². The molecular formula is C15H25N3O2S. The monoisotopic (exact) mass is 311 g/mol. The van der Waals surface area contributed by atoms with Gasteiger partial charge in [-0.15, -0.1) is 0 Å². The van der Waals surface area contributed by atoms with E-state index in [9.17, 15) is 9.90 Å². The van der Waals surface area contributed by atoms with Crippen molar-refractivity contribution in [3.8, 4) is 0 Å². The van der Waals surface area contributed by atoms with Crippen molar-refractivity contribution in [2.24, 2.45) is 5.92 Å². The largest absolute Gasteiger partial charge is 0.394 e. The van der Waals surface area contributed by atoms with E-state index in [4.69, 9.17) is 0 Å². The number of aliphatic hydroxyl groups excluding tert-OH is 1. The van der Waals surface area contributed by atoms with Gasteiger partial charge in [-0.25, -0.2) is 4.98 Å². The number of amides is 1. The minimum absolute atomic E-state index is 0.0114. The standard InChI is InChI=1S/C15H25N3O2S/c1-12(2)9-13(18-6-5-16-11-18)14(20)17-15(10-19)3-7-21-8-4-15/h5-6,11-13,19H,3-4,7-10H2,1-2H3,(H,17,20). The first-order valence-electron chi connectivity index (χ1n) is 7.54. The Bertz CT molecular complexity index is 442. The number of aliphatic hydroxyl groups is 1. The number of rotatable bonds is 6. The summed E-state index contributed by atoms with van der Waals surface area (Å²) in [7, 11) is 0. The topological polar surface area (TPSA) is 67.2 Å². The number of hydrogen-bond acceptors (Lipinski definition) is 4. The highest BCUT2D eigenvalue weighted by Crippen LogP contribution is 2.28. The van der Waals surface area contributed by atoms with Gasteiger partial charge >= 0.3 is 0 Å². The third-order valence-electron chi connectivity index (χ3n) is 4.02. The highest BCUT2D eigenvalue weighted by atomic mass is 32.2. The highest BCUT2D eigenvalue weighted by molar-refractivity contribution is 7.99. The smallest absolute Gasteiger partial charge is 0.243 e. The van der Waals surface area contributed by atoms with Crippen LogP contribution in [0.2, 0.25) is 0 Å². The lowest BCUT2D eigenvalue weighted by atomic mass is 9.92. The maximum absolute atomic E-state index is 12.7. The maximum atomic E-state index is 12.7. The van der Waals surface area contributed by atoms with Gasteiger partial charge in [-0.2, -0.15) is 11.8 Å². The Morgan fingerprint density at radius 1 is 1.48 bits per heavy atom. The minimum atomic E-state index is -0.446. The molecule has 21 heavy (non-hydrogen) atoms. The summed E-state index contributed by atoms with van der Waals surface area (Å²) in [5.41, 5.74) is -0.446. The van der Waals surface area contributed by atoms with E-state index in [-0.39, 0.29) is 18.6 Å². The van der Waals surface area contributed by atoms with Crippen LogP contribution in [-0.4, -0.2) is 44.2 Å². The van der Waals surface area contributed by atoms with Crippen molar-refractivity contribution in [2.75, 3.05) is 18.1 Å². The van der Waals surface area contributed by atoms with E-state index in [1.54, 1.807) is 12.5 Å². The number of thioether (sulfide) groups is 1. The van der Waals surface area contributed by atoms with Gasteiger partial charge in [0, 0.05) is 12.4 Å². The molecule has 0 aromatic carbocycles. The van der Waals surface area contributed by atoms with E-state index in [1.807, 2.05) is 22.5 Å². The average Bonchev–Trinajstić information content (AvgIpc) is 2.99. The molecule has 5 nitrogen and oxygen atoms in total. The summed E-state index contributed by atoms with van der Waals surface area (Å²) in [6, 6.07) is -0.259. The Morgan fingerprint density at radius 3 is 2.71 bits per heavy atom. The van der Waals surface area contributed by atoms with Crippen LogP contribution >= 0.6 is 11.8 Å². The summed E-state index contributed by atoms with van der Waals surface area (Å²) in [6.07, 6.45) is 7.64. The molecular weight excluding hydrogens is 286 g/mol. The lowest BCUT2D eigenvalue weighted by Crippen LogP contribution is -2.55. The van der Waals surface area contributed by atoms with Crippen molar-refractivity contribution in [2.45, 2.75) is 44.7 Å². The molecule has 0 radical (unpaired) electrons. The van der Waals surface area contributed by atoms with E-state index in [0.29, 0.717) is 5.92 Å². The Hall–Kier alpha value is -1.01. The predicted octanol–water partition coefficient (Wildman–Crippen LogP) is 1.84. The third-order valence-corrected chi connectivity index (χ3v) is 5.01. The first-order valence-corrected chi connectivity index (χ1v) is 8.70. The Balaban J connectivity index is 2.10. The molecule has 1 aliphatic rings. The lowest BCUT2D eigenvalue weighted by Gasteiger charge is -2.37. The predicted molar refractivity (Wildman–Crippen MR) is 85.2 cm³/mol. The van der Waals surface area contributed by atoms with Crippen LogP contribution in [0.5, 0.6) is 0 Å². The number of aromatic nitrogens is 2. The molecule has 0 aliphatic carbocycles. The van der Waals surface area contributed by atoms with Crippen molar-refractivity contribution >= 4 is 17.7 Å². The summed E-state index contributed by atoms with van der Waals surface area (Å²) in [6.45, 7) is 4.23. The van der Waals surface area contributed by atoms with Gasteiger partial charge in [0.15, 0.2) is 0 Å². The molecule has 1 aromatic rings. The summed E-state index contributed by atoms with van der Waals surface area (Å²) < 4.78 is 1.86. The van der Waals surface area contributed by atoms with Crippen molar-refractivity contribution in [1.29, 1.82) is 0 Å². The molecule has 1 aliphatic heterocycles. The molecule has 2 rings (SSSR count). The van der Waals surface area contributed by atoms with Crippen LogP contribution in [0.1, 0.15) is 39.2 Å². The van der Waals surface area contributed by atoms with Gasteiger partial charge < -0.3 is 15.0 Å². The van der Waals surface area contributed by atoms with Crippen molar-refractivity contribution in [3.05, 3.63) is 18.7 Å². The van der Waals surface area contributed by atoms with Gasteiger partial charge in [0.25, 0.3) is 0 Å². The number of carbonyl (C=O) groups excluding carboxylic acids is 1. The van der Waals surface area contributed by atoms with E-state index in [1.165, 1.54) is 0 Å². The summed E-state index contributed by atoms with van der Waals surface area (Å²) >= 11 is 1.88. The molecule has 1 atom stereocenters. The van der Waals surface area contributed by atoms with Crippen LogP contribution in [0.15, 0.2) is 18.7 Å². The first kappa shape index (κ1) is 16.4. The molecule has 1 aromatic heterocycles. The van der Waals surface area contributed by atoms with Crippen molar-refractivity contribution in [3.63, 3.8) is 0 Å². The van der Waals surface area contributed by atoms with Crippen molar-refractivity contribution < 1.29 is 9.90 Å². The van der Waals surface area contributed by atoms with E-state index < -0.39 is 5.54 Å². The fourth-order valence-corrected chi connectivity index (χ4v) is 3.97. The SMILES string of the molecule is CC(C)CC(C(=O)NC1(CO)CCSCC1)n1ccnc1. The molecule has 0 bridgehead atoms. The van der Waals surface area contributed by atoms with Gasteiger partial charge in [-0.3, -0.25) is 4.79 Å². The molecule has 1 fully saturated rings. The molecule has 1 saturated heterocycles.